The lowest BCUT2D eigenvalue weighted by Gasteiger charge is -2.47. The van der Waals surface area contributed by atoms with Crippen molar-refractivity contribution >= 4 is 11.9 Å². The number of hydrogen-bond donors (Lipinski definition) is 0. The second-order valence-corrected chi connectivity index (χ2v) is 9.55. The molecule has 2 bridgehead atoms. The highest BCUT2D eigenvalue weighted by atomic mass is 16.6. The molecule has 3 heterocycles. The molecule has 1 aromatic heterocycles. The van der Waals surface area contributed by atoms with Gasteiger partial charge in [-0.25, -0.2) is 4.79 Å². The highest BCUT2D eigenvalue weighted by Crippen LogP contribution is 2.44. The molecule has 2 fully saturated rings. The normalized spacial score (nSPS) is 22.5. The van der Waals surface area contributed by atoms with Gasteiger partial charge in [0.1, 0.15) is 12.3 Å². The van der Waals surface area contributed by atoms with Crippen LogP contribution in [0.2, 0.25) is 0 Å². The van der Waals surface area contributed by atoms with Crippen LogP contribution in [0.3, 0.4) is 0 Å². The first-order valence-corrected chi connectivity index (χ1v) is 12.3. The molecule has 2 aromatic carbocycles. The maximum absolute atomic E-state index is 13.3. The maximum Gasteiger partial charge on any atom is 0.410 e. The van der Waals surface area contributed by atoms with Crippen LogP contribution in [0.15, 0.2) is 60.7 Å². The standard InChI is InChI=1S/C28H27N3O5/c1-34-26-11-10-25(29-30-26)27(32)17-12-18-14-35-15-19(13-17)31(18)28(33)36-16-24-22-8-4-2-6-20(22)21-7-3-5-9-23(21)24/h2-11,17-19,24H,12-16H2,1H3. The molecule has 0 saturated carbocycles. The number of rotatable bonds is 5. The SMILES string of the molecule is COc1ccc(C(=O)C2CC3COCC(C2)N3C(=O)OCC2c3ccccc3-c3ccccc32)nn1. The van der Waals surface area contributed by atoms with E-state index in [9.17, 15) is 9.59 Å². The number of Topliss-reactive ketones (excluding diaryl/α,β-unsaturated/α-hetero) is 1. The van der Waals surface area contributed by atoms with Gasteiger partial charge in [0.25, 0.3) is 0 Å². The van der Waals surface area contributed by atoms with E-state index < -0.39 is 0 Å². The number of ether oxygens (including phenoxy) is 3. The monoisotopic (exact) mass is 485 g/mol. The largest absolute Gasteiger partial charge is 0.480 e. The zero-order chi connectivity index (χ0) is 24.6. The number of morpholine rings is 1. The molecule has 3 aliphatic rings. The predicted octanol–water partition coefficient (Wildman–Crippen LogP) is 4.10. The fraction of sp³-hybridized carbons (Fsp3) is 0.357. The molecule has 3 aromatic rings. The Morgan fingerprint density at radius 1 is 0.917 bits per heavy atom. The van der Waals surface area contributed by atoms with E-state index >= 15 is 0 Å². The molecule has 2 atom stereocenters. The van der Waals surface area contributed by atoms with E-state index in [0.717, 1.165) is 0 Å². The zero-order valence-corrected chi connectivity index (χ0v) is 20.0. The van der Waals surface area contributed by atoms with Gasteiger partial charge in [-0.3, -0.25) is 9.69 Å². The lowest BCUT2D eigenvalue weighted by Crippen LogP contribution is -2.60. The second-order valence-electron chi connectivity index (χ2n) is 9.55. The van der Waals surface area contributed by atoms with Crippen molar-refractivity contribution in [2.45, 2.75) is 30.8 Å². The molecule has 8 nitrogen and oxygen atoms in total. The van der Waals surface area contributed by atoms with Gasteiger partial charge in [-0.05, 0) is 41.2 Å². The molecule has 2 unspecified atom stereocenters. The minimum absolute atomic E-state index is 0.00482. The number of carbonyl (C=O) groups excluding carboxylic acids is 2. The lowest BCUT2D eigenvalue weighted by atomic mass is 9.82. The molecule has 2 saturated heterocycles. The molecule has 36 heavy (non-hydrogen) atoms. The highest BCUT2D eigenvalue weighted by molar-refractivity contribution is 5.96. The Kier molecular flexibility index (Phi) is 5.89. The smallest absolute Gasteiger partial charge is 0.410 e. The molecule has 2 aliphatic heterocycles. The summed E-state index contributed by atoms with van der Waals surface area (Å²) in [7, 11) is 1.51. The molecule has 1 amide bonds. The molecule has 1 aliphatic carbocycles. The lowest BCUT2D eigenvalue weighted by molar-refractivity contribution is -0.0748. The minimum atomic E-state index is -0.342. The van der Waals surface area contributed by atoms with Crippen LogP contribution in [0.25, 0.3) is 11.1 Å². The Hall–Kier alpha value is -3.78. The highest BCUT2D eigenvalue weighted by Gasteiger charge is 2.45. The van der Waals surface area contributed by atoms with Crippen molar-refractivity contribution in [1.29, 1.82) is 0 Å². The summed E-state index contributed by atoms with van der Waals surface area (Å²) in [6.07, 6.45) is 0.672. The van der Waals surface area contributed by atoms with Crippen molar-refractivity contribution in [3.8, 4) is 17.0 Å². The van der Waals surface area contributed by atoms with Gasteiger partial charge in [-0.15, -0.1) is 10.2 Å². The fourth-order valence-corrected chi connectivity index (χ4v) is 5.87. The van der Waals surface area contributed by atoms with Gasteiger partial charge in [-0.2, -0.15) is 0 Å². The summed E-state index contributed by atoms with van der Waals surface area (Å²) < 4.78 is 16.7. The number of piperidine rings is 1. The first kappa shape index (κ1) is 22.7. The number of aromatic nitrogens is 2. The van der Waals surface area contributed by atoms with Gasteiger partial charge in [0.05, 0.1) is 32.4 Å². The topological polar surface area (TPSA) is 90.9 Å². The van der Waals surface area contributed by atoms with Crippen molar-refractivity contribution in [3.63, 3.8) is 0 Å². The summed E-state index contributed by atoms with van der Waals surface area (Å²) in [6.45, 7) is 1.05. The Bertz CT molecular complexity index is 1230. The summed E-state index contributed by atoms with van der Waals surface area (Å²) in [5.41, 5.74) is 5.06. The summed E-state index contributed by atoms with van der Waals surface area (Å²) >= 11 is 0. The average Bonchev–Trinajstić information content (AvgIpc) is 3.24. The molecule has 0 radical (unpaired) electrons. The van der Waals surface area contributed by atoms with E-state index in [1.165, 1.54) is 29.4 Å². The van der Waals surface area contributed by atoms with E-state index in [4.69, 9.17) is 14.2 Å². The number of fused-ring (bicyclic) bond motifs is 5. The van der Waals surface area contributed by atoms with Gasteiger partial charge in [-0.1, -0.05) is 48.5 Å². The number of hydrogen-bond acceptors (Lipinski definition) is 7. The van der Waals surface area contributed by atoms with Crippen LogP contribution in [0.1, 0.15) is 40.4 Å². The van der Waals surface area contributed by atoms with Crippen molar-refractivity contribution in [2.75, 3.05) is 26.9 Å². The van der Waals surface area contributed by atoms with Crippen molar-refractivity contribution < 1.29 is 23.8 Å². The first-order chi connectivity index (χ1) is 17.6. The number of amides is 1. The van der Waals surface area contributed by atoms with E-state index in [-0.39, 0.29) is 42.4 Å². The first-order valence-electron chi connectivity index (χ1n) is 12.3. The molecule has 0 N–H and O–H groups in total. The molecule has 6 rings (SSSR count). The zero-order valence-electron chi connectivity index (χ0n) is 20.0. The number of ketones is 1. The van der Waals surface area contributed by atoms with Gasteiger partial charge in [0, 0.05) is 17.9 Å². The van der Waals surface area contributed by atoms with Crippen LogP contribution in [0.5, 0.6) is 5.88 Å². The average molecular weight is 486 g/mol. The molecular weight excluding hydrogens is 458 g/mol. The van der Waals surface area contributed by atoms with Gasteiger partial charge < -0.3 is 14.2 Å². The summed E-state index contributed by atoms with van der Waals surface area (Å²) in [6, 6.07) is 19.4. The summed E-state index contributed by atoms with van der Waals surface area (Å²) in [4.78, 5) is 28.2. The van der Waals surface area contributed by atoms with Crippen LogP contribution in [0.4, 0.5) is 4.79 Å². The third-order valence-electron chi connectivity index (χ3n) is 7.54. The van der Waals surface area contributed by atoms with Crippen molar-refractivity contribution in [1.82, 2.24) is 15.1 Å². The Morgan fingerprint density at radius 3 is 2.14 bits per heavy atom. The van der Waals surface area contributed by atoms with Crippen LogP contribution in [-0.4, -0.2) is 66.0 Å². The van der Waals surface area contributed by atoms with Crippen LogP contribution >= 0.6 is 0 Å². The molecule has 8 heteroatoms. The fourth-order valence-electron chi connectivity index (χ4n) is 5.87. The predicted molar refractivity (Wildman–Crippen MR) is 131 cm³/mol. The number of methoxy groups -OCH3 is 1. The van der Waals surface area contributed by atoms with Crippen LogP contribution in [0, 0.1) is 5.92 Å². The van der Waals surface area contributed by atoms with E-state index in [1.807, 2.05) is 24.3 Å². The molecule has 184 valence electrons. The Labute approximate surface area is 209 Å². The summed E-state index contributed by atoms with van der Waals surface area (Å²) in [5.74, 6) is 0.0607. The van der Waals surface area contributed by atoms with Gasteiger partial charge >= 0.3 is 6.09 Å². The number of nitrogens with zero attached hydrogens (tertiary/aromatic N) is 3. The van der Waals surface area contributed by atoms with E-state index in [2.05, 4.69) is 34.5 Å². The molecular formula is C28H27N3O5. The Balaban J connectivity index is 1.15. The quantitative estimate of drug-likeness (QED) is 0.503. The minimum Gasteiger partial charge on any atom is -0.480 e. The van der Waals surface area contributed by atoms with Gasteiger partial charge in [0.15, 0.2) is 5.78 Å². The second kappa shape index (κ2) is 9.35. The van der Waals surface area contributed by atoms with Crippen LogP contribution < -0.4 is 4.74 Å². The third kappa shape index (κ3) is 3.91. The Morgan fingerprint density at radius 2 is 1.56 bits per heavy atom. The maximum atomic E-state index is 13.3. The summed E-state index contributed by atoms with van der Waals surface area (Å²) in [5, 5.41) is 7.94. The molecule has 0 spiro atoms. The number of carbonyl (C=O) groups is 2. The third-order valence-corrected chi connectivity index (χ3v) is 7.54. The van der Waals surface area contributed by atoms with E-state index in [1.54, 1.807) is 17.0 Å². The van der Waals surface area contributed by atoms with E-state index in [0.29, 0.717) is 37.6 Å². The van der Waals surface area contributed by atoms with Crippen molar-refractivity contribution in [3.05, 3.63) is 77.5 Å². The number of benzene rings is 2. The van der Waals surface area contributed by atoms with Crippen molar-refractivity contribution in [2.24, 2.45) is 5.92 Å². The van der Waals surface area contributed by atoms with Gasteiger partial charge in [0.2, 0.25) is 5.88 Å². The van der Waals surface area contributed by atoms with Crippen LogP contribution in [-0.2, 0) is 9.47 Å².